The average molecular weight is 399 g/mol. The lowest BCUT2D eigenvalue weighted by molar-refractivity contribution is 0.266. The SMILES string of the molecule is CCN1CCc2c(c3ccc(-n4ccc(-c5ccc(C)cn5)cc4=O)cc3n2C)C1. The minimum Gasteiger partial charge on any atom is -0.347 e. The molecule has 0 spiro atoms. The molecule has 0 unspecified atom stereocenters. The molecule has 4 heterocycles. The zero-order chi connectivity index (χ0) is 20.8. The molecule has 0 radical (unpaired) electrons. The molecule has 4 aromatic rings. The van der Waals surface area contributed by atoms with E-state index in [2.05, 4.69) is 46.6 Å². The van der Waals surface area contributed by atoms with Gasteiger partial charge in [-0.25, -0.2) is 0 Å². The topological polar surface area (TPSA) is 43.1 Å². The summed E-state index contributed by atoms with van der Waals surface area (Å²) in [6.45, 7) is 7.41. The van der Waals surface area contributed by atoms with Gasteiger partial charge < -0.3 is 4.57 Å². The van der Waals surface area contributed by atoms with Gasteiger partial charge in [0.2, 0.25) is 0 Å². The van der Waals surface area contributed by atoms with Gasteiger partial charge in [0.1, 0.15) is 0 Å². The molecule has 0 bridgehead atoms. The van der Waals surface area contributed by atoms with Crippen molar-refractivity contribution in [3.8, 4) is 16.9 Å². The lowest BCUT2D eigenvalue weighted by Crippen LogP contribution is -2.30. The lowest BCUT2D eigenvalue weighted by Gasteiger charge is -2.26. The van der Waals surface area contributed by atoms with Gasteiger partial charge in [-0.1, -0.05) is 19.1 Å². The molecule has 0 N–H and O–H groups in total. The molecule has 0 saturated carbocycles. The van der Waals surface area contributed by atoms with Crippen LogP contribution in [0, 0.1) is 6.92 Å². The van der Waals surface area contributed by atoms with Gasteiger partial charge in [-0.2, -0.15) is 0 Å². The van der Waals surface area contributed by atoms with Gasteiger partial charge in [-0.3, -0.25) is 19.2 Å². The maximum Gasteiger partial charge on any atom is 0.255 e. The van der Waals surface area contributed by atoms with Crippen LogP contribution in [0.3, 0.4) is 0 Å². The first-order chi connectivity index (χ1) is 14.5. The van der Waals surface area contributed by atoms with Crippen LogP contribution in [-0.4, -0.2) is 32.1 Å². The van der Waals surface area contributed by atoms with Crippen LogP contribution in [0.25, 0.3) is 27.8 Å². The molecule has 5 rings (SSSR count). The van der Waals surface area contributed by atoms with Gasteiger partial charge >= 0.3 is 0 Å². The third-order valence-electron chi connectivity index (χ3n) is 6.32. The predicted molar refractivity (Wildman–Crippen MR) is 121 cm³/mol. The Morgan fingerprint density at radius 2 is 1.97 bits per heavy atom. The second-order valence-electron chi connectivity index (χ2n) is 8.15. The molecule has 1 aliphatic rings. The fraction of sp³-hybridized carbons (Fsp3) is 0.280. The number of aryl methyl sites for hydroxylation is 2. The Morgan fingerprint density at radius 1 is 1.10 bits per heavy atom. The van der Waals surface area contributed by atoms with Crippen molar-refractivity contribution in [2.45, 2.75) is 26.8 Å². The molecule has 0 amide bonds. The molecule has 0 fully saturated rings. The quantitative estimate of drug-likeness (QED) is 0.522. The number of aromatic nitrogens is 3. The van der Waals surface area contributed by atoms with Gasteiger partial charge in [0, 0.05) is 61.7 Å². The van der Waals surface area contributed by atoms with E-state index >= 15 is 0 Å². The Bertz CT molecular complexity index is 1300. The fourth-order valence-electron chi connectivity index (χ4n) is 4.53. The van der Waals surface area contributed by atoms with E-state index in [1.54, 1.807) is 10.6 Å². The first kappa shape index (κ1) is 18.8. The van der Waals surface area contributed by atoms with E-state index in [-0.39, 0.29) is 5.56 Å². The Kier molecular flexibility index (Phi) is 4.55. The first-order valence-electron chi connectivity index (χ1n) is 10.5. The number of hydrogen-bond donors (Lipinski definition) is 0. The van der Waals surface area contributed by atoms with Crippen molar-refractivity contribution in [3.63, 3.8) is 0 Å². The third kappa shape index (κ3) is 3.06. The Labute approximate surface area is 176 Å². The van der Waals surface area contributed by atoms with Crippen molar-refractivity contribution >= 4 is 10.9 Å². The molecule has 3 aromatic heterocycles. The van der Waals surface area contributed by atoms with Crippen LogP contribution >= 0.6 is 0 Å². The van der Waals surface area contributed by atoms with Crippen molar-refractivity contribution in [2.75, 3.05) is 13.1 Å². The van der Waals surface area contributed by atoms with Gasteiger partial charge in [-0.05, 0) is 48.9 Å². The summed E-state index contributed by atoms with van der Waals surface area (Å²) in [5, 5.41) is 1.29. The summed E-state index contributed by atoms with van der Waals surface area (Å²) in [6.07, 6.45) is 4.75. The maximum absolute atomic E-state index is 12.9. The largest absolute Gasteiger partial charge is 0.347 e. The third-order valence-corrected chi connectivity index (χ3v) is 6.32. The summed E-state index contributed by atoms with van der Waals surface area (Å²) in [6, 6.07) is 13.9. The second-order valence-corrected chi connectivity index (χ2v) is 8.15. The number of benzene rings is 1. The monoisotopic (exact) mass is 398 g/mol. The van der Waals surface area contributed by atoms with Gasteiger partial charge in [-0.15, -0.1) is 0 Å². The summed E-state index contributed by atoms with van der Waals surface area (Å²) in [5.41, 5.74) is 7.63. The normalized spacial score (nSPS) is 14.2. The molecular weight excluding hydrogens is 372 g/mol. The molecule has 152 valence electrons. The minimum absolute atomic E-state index is 0.0506. The molecule has 30 heavy (non-hydrogen) atoms. The zero-order valence-corrected chi connectivity index (χ0v) is 17.7. The van der Waals surface area contributed by atoms with Crippen LogP contribution in [0.5, 0.6) is 0 Å². The van der Waals surface area contributed by atoms with Gasteiger partial charge in [0.15, 0.2) is 0 Å². The van der Waals surface area contributed by atoms with Crippen LogP contribution in [-0.2, 0) is 20.0 Å². The summed E-state index contributed by atoms with van der Waals surface area (Å²) < 4.78 is 4.01. The van der Waals surface area contributed by atoms with E-state index in [9.17, 15) is 4.79 Å². The van der Waals surface area contributed by atoms with Crippen molar-refractivity contribution in [3.05, 3.63) is 82.0 Å². The average Bonchev–Trinajstić information content (AvgIpc) is 3.05. The molecule has 0 atom stereocenters. The molecule has 0 aliphatic carbocycles. The van der Waals surface area contributed by atoms with E-state index in [0.717, 1.165) is 48.6 Å². The molecule has 1 aromatic carbocycles. The molecule has 5 heteroatoms. The molecular formula is C25H26N4O. The highest BCUT2D eigenvalue weighted by Gasteiger charge is 2.22. The van der Waals surface area contributed by atoms with E-state index in [4.69, 9.17) is 0 Å². The summed E-state index contributed by atoms with van der Waals surface area (Å²) in [4.78, 5) is 19.8. The molecule has 0 saturated heterocycles. The highest BCUT2D eigenvalue weighted by molar-refractivity contribution is 5.87. The van der Waals surface area contributed by atoms with Gasteiger partial charge in [0.25, 0.3) is 5.56 Å². The molecule has 5 nitrogen and oxygen atoms in total. The van der Waals surface area contributed by atoms with E-state index in [1.165, 1.54) is 22.2 Å². The van der Waals surface area contributed by atoms with E-state index < -0.39 is 0 Å². The van der Waals surface area contributed by atoms with E-state index in [0.29, 0.717) is 0 Å². The van der Waals surface area contributed by atoms with Crippen LogP contribution in [0.2, 0.25) is 0 Å². The van der Waals surface area contributed by atoms with E-state index in [1.807, 2.05) is 37.5 Å². The highest BCUT2D eigenvalue weighted by atomic mass is 16.1. The minimum atomic E-state index is -0.0506. The highest BCUT2D eigenvalue weighted by Crippen LogP contribution is 2.31. The number of nitrogens with zero attached hydrogens (tertiary/aromatic N) is 4. The maximum atomic E-state index is 12.9. The fourth-order valence-corrected chi connectivity index (χ4v) is 4.53. The van der Waals surface area contributed by atoms with Crippen LogP contribution < -0.4 is 5.56 Å². The second kappa shape index (κ2) is 7.26. The van der Waals surface area contributed by atoms with Crippen LogP contribution in [0.4, 0.5) is 0 Å². The number of pyridine rings is 2. The number of rotatable bonds is 3. The Balaban J connectivity index is 1.56. The van der Waals surface area contributed by atoms with Crippen molar-refractivity contribution in [1.29, 1.82) is 0 Å². The Hall–Kier alpha value is -3.18. The predicted octanol–water partition coefficient (Wildman–Crippen LogP) is 4.08. The van der Waals surface area contributed by atoms with Crippen LogP contribution in [0.1, 0.15) is 23.7 Å². The number of fused-ring (bicyclic) bond motifs is 3. The van der Waals surface area contributed by atoms with Crippen LogP contribution in [0.15, 0.2) is 59.7 Å². The van der Waals surface area contributed by atoms with Crippen molar-refractivity contribution in [2.24, 2.45) is 7.05 Å². The van der Waals surface area contributed by atoms with Crippen molar-refractivity contribution in [1.82, 2.24) is 19.0 Å². The summed E-state index contributed by atoms with van der Waals surface area (Å²) >= 11 is 0. The first-order valence-corrected chi connectivity index (χ1v) is 10.5. The molecule has 1 aliphatic heterocycles. The number of likely N-dealkylation sites (N-methyl/N-ethyl adjacent to an activating group) is 1. The van der Waals surface area contributed by atoms with Gasteiger partial charge in [0.05, 0.1) is 16.9 Å². The standard InChI is InChI=1S/C25H26N4O/c1-4-28-11-10-23-21(16-28)20-7-6-19(14-24(20)27(23)3)29-12-9-18(13-25(29)30)22-8-5-17(2)15-26-22/h5-9,12-15H,4,10-11,16H2,1-3H3. The van der Waals surface area contributed by atoms with Crippen molar-refractivity contribution < 1.29 is 0 Å². The summed E-state index contributed by atoms with van der Waals surface area (Å²) in [5.74, 6) is 0. The number of hydrogen-bond acceptors (Lipinski definition) is 3. The zero-order valence-electron chi connectivity index (χ0n) is 17.7. The Morgan fingerprint density at radius 3 is 2.70 bits per heavy atom. The summed E-state index contributed by atoms with van der Waals surface area (Å²) in [7, 11) is 2.14. The lowest BCUT2D eigenvalue weighted by atomic mass is 10.0. The smallest absolute Gasteiger partial charge is 0.255 e.